The van der Waals surface area contributed by atoms with Crippen molar-refractivity contribution < 1.29 is 4.74 Å². The monoisotopic (exact) mass is 208 g/mol. The van der Waals surface area contributed by atoms with E-state index in [9.17, 15) is 0 Å². The molecule has 0 heterocycles. The van der Waals surface area contributed by atoms with E-state index in [4.69, 9.17) is 10.6 Å². The highest BCUT2D eigenvalue weighted by Crippen LogP contribution is 2.22. The van der Waals surface area contributed by atoms with E-state index < -0.39 is 0 Å². The van der Waals surface area contributed by atoms with Gasteiger partial charge in [-0.15, -0.1) is 0 Å². The summed E-state index contributed by atoms with van der Waals surface area (Å²) in [6.45, 7) is 8.82. The third-order valence-corrected chi connectivity index (χ3v) is 2.56. The normalized spacial score (nSPS) is 12.6. The summed E-state index contributed by atoms with van der Waals surface area (Å²) in [5.41, 5.74) is 6.37. The number of hydrazine groups is 1. The number of rotatable bonds is 4. The predicted molar refractivity (Wildman–Crippen MR) is 62.9 cm³/mol. The molecule has 1 aromatic carbocycles. The third kappa shape index (κ3) is 3.22. The van der Waals surface area contributed by atoms with Crippen molar-refractivity contribution in [2.24, 2.45) is 5.84 Å². The molecule has 1 rings (SSSR count). The molecule has 0 aromatic heterocycles. The van der Waals surface area contributed by atoms with Gasteiger partial charge in [-0.2, -0.15) is 0 Å². The summed E-state index contributed by atoms with van der Waals surface area (Å²) >= 11 is 0. The maximum absolute atomic E-state index is 5.68. The van der Waals surface area contributed by atoms with Gasteiger partial charge in [0.25, 0.3) is 0 Å². The summed E-state index contributed by atoms with van der Waals surface area (Å²) in [6.07, 6.45) is 0. The van der Waals surface area contributed by atoms with Crippen molar-refractivity contribution in [2.75, 3.05) is 6.61 Å². The first-order valence-electron chi connectivity index (χ1n) is 5.21. The fraction of sp³-hybridized carbons (Fsp3) is 0.500. The van der Waals surface area contributed by atoms with Crippen molar-refractivity contribution in [1.82, 2.24) is 5.43 Å². The molecule has 15 heavy (non-hydrogen) atoms. The minimum absolute atomic E-state index is 0.158. The summed E-state index contributed by atoms with van der Waals surface area (Å²) in [6, 6.07) is 4.38. The van der Waals surface area contributed by atoms with Crippen molar-refractivity contribution in [3.8, 4) is 5.75 Å². The van der Waals surface area contributed by atoms with Crippen LogP contribution >= 0.6 is 0 Å². The molecule has 1 unspecified atom stereocenters. The minimum atomic E-state index is 0.158. The number of hydrogen-bond donors (Lipinski definition) is 2. The van der Waals surface area contributed by atoms with Gasteiger partial charge in [-0.05, 0) is 50.5 Å². The van der Waals surface area contributed by atoms with Crippen LogP contribution in [0.2, 0.25) is 0 Å². The first kappa shape index (κ1) is 12.0. The van der Waals surface area contributed by atoms with Gasteiger partial charge in [0.05, 0.1) is 6.04 Å². The molecular weight excluding hydrogens is 188 g/mol. The molecule has 3 nitrogen and oxygen atoms in total. The van der Waals surface area contributed by atoms with Crippen LogP contribution in [-0.4, -0.2) is 12.6 Å². The van der Waals surface area contributed by atoms with Crippen LogP contribution in [0.4, 0.5) is 0 Å². The second-order valence-corrected chi connectivity index (χ2v) is 4.08. The van der Waals surface area contributed by atoms with Crippen molar-refractivity contribution in [1.29, 1.82) is 0 Å². The first-order valence-corrected chi connectivity index (χ1v) is 5.21. The van der Waals surface area contributed by atoms with Crippen LogP contribution in [0, 0.1) is 20.8 Å². The molecule has 84 valence electrons. The Morgan fingerprint density at radius 2 is 1.80 bits per heavy atom. The van der Waals surface area contributed by atoms with Crippen LogP contribution in [0.5, 0.6) is 5.75 Å². The van der Waals surface area contributed by atoms with Gasteiger partial charge in [0.15, 0.2) is 0 Å². The maximum atomic E-state index is 5.68. The van der Waals surface area contributed by atoms with Crippen LogP contribution in [0.1, 0.15) is 23.6 Å². The van der Waals surface area contributed by atoms with Crippen molar-refractivity contribution >= 4 is 0 Å². The minimum Gasteiger partial charge on any atom is -0.492 e. The second-order valence-electron chi connectivity index (χ2n) is 4.08. The highest BCUT2D eigenvalue weighted by molar-refractivity contribution is 5.40. The molecule has 1 aromatic rings. The van der Waals surface area contributed by atoms with Gasteiger partial charge in [0.2, 0.25) is 0 Å². The van der Waals surface area contributed by atoms with Crippen molar-refractivity contribution in [3.05, 3.63) is 28.8 Å². The standard InChI is InChI=1S/C12H20N2O/c1-8-5-10(3)12(6-9(8)2)15-7-11(4)14-13/h5-6,11,14H,7,13H2,1-4H3. The molecule has 0 aliphatic rings. The van der Waals surface area contributed by atoms with Crippen LogP contribution in [0.25, 0.3) is 0 Å². The summed E-state index contributed by atoms with van der Waals surface area (Å²) < 4.78 is 5.68. The van der Waals surface area contributed by atoms with E-state index in [0.29, 0.717) is 6.61 Å². The van der Waals surface area contributed by atoms with E-state index in [1.165, 1.54) is 16.7 Å². The smallest absolute Gasteiger partial charge is 0.122 e. The Morgan fingerprint density at radius 1 is 1.20 bits per heavy atom. The molecule has 0 saturated carbocycles. The Hall–Kier alpha value is -1.06. The maximum Gasteiger partial charge on any atom is 0.122 e. The lowest BCUT2D eigenvalue weighted by Gasteiger charge is -2.15. The molecular formula is C12H20N2O. The summed E-state index contributed by atoms with van der Waals surface area (Å²) in [5.74, 6) is 6.24. The zero-order valence-electron chi connectivity index (χ0n) is 9.92. The number of nitrogens with one attached hydrogen (secondary N) is 1. The van der Waals surface area contributed by atoms with Gasteiger partial charge in [0.1, 0.15) is 12.4 Å². The molecule has 0 amide bonds. The van der Waals surface area contributed by atoms with Crippen LogP contribution in [0.3, 0.4) is 0 Å². The quantitative estimate of drug-likeness (QED) is 0.586. The fourth-order valence-corrected chi connectivity index (χ4v) is 1.35. The Bertz CT molecular complexity index is 337. The Balaban J connectivity index is 2.73. The van der Waals surface area contributed by atoms with Crippen molar-refractivity contribution in [3.63, 3.8) is 0 Å². The Kier molecular flexibility index (Phi) is 4.12. The number of nitrogens with two attached hydrogens (primary N) is 1. The molecule has 0 saturated heterocycles. The summed E-state index contributed by atoms with van der Waals surface area (Å²) in [7, 11) is 0. The molecule has 0 fully saturated rings. The SMILES string of the molecule is Cc1cc(C)c(OCC(C)NN)cc1C. The molecule has 3 N–H and O–H groups in total. The average molecular weight is 208 g/mol. The summed E-state index contributed by atoms with van der Waals surface area (Å²) in [4.78, 5) is 0. The molecule has 0 radical (unpaired) electrons. The van der Waals surface area contributed by atoms with Gasteiger partial charge < -0.3 is 4.74 Å². The number of benzene rings is 1. The molecule has 0 bridgehead atoms. The molecule has 1 atom stereocenters. The lowest BCUT2D eigenvalue weighted by molar-refractivity contribution is 0.273. The van der Waals surface area contributed by atoms with E-state index >= 15 is 0 Å². The lowest BCUT2D eigenvalue weighted by atomic mass is 10.1. The average Bonchev–Trinajstić information content (AvgIpc) is 2.21. The van der Waals surface area contributed by atoms with E-state index in [0.717, 1.165) is 5.75 Å². The number of hydrogen-bond acceptors (Lipinski definition) is 3. The van der Waals surface area contributed by atoms with Gasteiger partial charge in [-0.1, -0.05) is 6.07 Å². The van der Waals surface area contributed by atoms with Crippen LogP contribution in [0.15, 0.2) is 12.1 Å². The lowest BCUT2D eigenvalue weighted by Crippen LogP contribution is -2.37. The zero-order chi connectivity index (χ0) is 11.4. The highest BCUT2D eigenvalue weighted by Gasteiger charge is 2.05. The Morgan fingerprint density at radius 3 is 2.40 bits per heavy atom. The van der Waals surface area contributed by atoms with Gasteiger partial charge in [-0.25, -0.2) is 0 Å². The van der Waals surface area contributed by atoms with Crippen LogP contribution in [-0.2, 0) is 0 Å². The van der Waals surface area contributed by atoms with E-state index in [1.54, 1.807) is 0 Å². The highest BCUT2D eigenvalue weighted by atomic mass is 16.5. The predicted octanol–water partition coefficient (Wildman–Crippen LogP) is 1.84. The topological polar surface area (TPSA) is 47.3 Å². The van der Waals surface area contributed by atoms with E-state index in [2.05, 4.69) is 38.3 Å². The van der Waals surface area contributed by atoms with E-state index in [-0.39, 0.29) is 6.04 Å². The second kappa shape index (κ2) is 5.14. The van der Waals surface area contributed by atoms with Crippen LogP contribution < -0.4 is 16.0 Å². The van der Waals surface area contributed by atoms with Gasteiger partial charge >= 0.3 is 0 Å². The summed E-state index contributed by atoms with van der Waals surface area (Å²) in [5, 5.41) is 0. The molecule has 0 aliphatic carbocycles. The first-order chi connectivity index (χ1) is 7.04. The molecule has 3 heteroatoms. The largest absolute Gasteiger partial charge is 0.492 e. The van der Waals surface area contributed by atoms with E-state index in [1.807, 2.05) is 6.92 Å². The van der Waals surface area contributed by atoms with Crippen molar-refractivity contribution in [2.45, 2.75) is 33.7 Å². The van der Waals surface area contributed by atoms with Gasteiger partial charge in [-0.3, -0.25) is 11.3 Å². The number of aryl methyl sites for hydroxylation is 3. The fourth-order valence-electron chi connectivity index (χ4n) is 1.35. The Labute approximate surface area is 91.6 Å². The zero-order valence-corrected chi connectivity index (χ0v) is 9.92. The van der Waals surface area contributed by atoms with Gasteiger partial charge in [0, 0.05) is 0 Å². The number of ether oxygens (including phenoxy) is 1. The molecule has 0 spiro atoms. The third-order valence-electron chi connectivity index (χ3n) is 2.56. The molecule has 0 aliphatic heterocycles.